The van der Waals surface area contributed by atoms with Gasteiger partial charge in [-0.05, 0) is 164 Å². The summed E-state index contributed by atoms with van der Waals surface area (Å²) in [5.74, 6) is -0.393. The van der Waals surface area contributed by atoms with Crippen LogP contribution in [0.15, 0.2) is 72.8 Å². The molecule has 308 valence electrons. The Labute approximate surface area is 338 Å². The van der Waals surface area contributed by atoms with Crippen molar-refractivity contribution in [2.45, 2.75) is 127 Å². The summed E-state index contributed by atoms with van der Waals surface area (Å²) in [7, 11) is 0. The second-order valence-corrected chi connectivity index (χ2v) is 15.5. The van der Waals surface area contributed by atoms with Crippen LogP contribution in [0.3, 0.4) is 0 Å². The molecule has 6 rings (SSSR count). The Bertz CT molecular complexity index is 2080. The summed E-state index contributed by atoms with van der Waals surface area (Å²) in [4.78, 5) is 1.22. The largest absolute Gasteiger partial charge is 0.408 e. The first-order valence-electron chi connectivity index (χ1n) is 20.0. The summed E-state index contributed by atoms with van der Waals surface area (Å²) in [6, 6.07) is 21.1. The van der Waals surface area contributed by atoms with Gasteiger partial charge < -0.3 is 4.90 Å². The molecule has 1 unspecified atom stereocenters. The molecule has 0 radical (unpaired) electrons. The van der Waals surface area contributed by atoms with Crippen molar-refractivity contribution in [3.63, 3.8) is 0 Å². The van der Waals surface area contributed by atoms with Gasteiger partial charge in [-0.25, -0.2) is 13.2 Å². The fraction of sp³-hybridized carbons (Fsp3) is 0.400. The van der Waals surface area contributed by atoms with E-state index in [1.807, 2.05) is 113 Å². The number of hydrogen-bond donors (Lipinski definition) is 0. The molecule has 0 amide bonds. The van der Waals surface area contributed by atoms with Gasteiger partial charge in [0.15, 0.2) is 0 Å². The summed E-state index contributed by atoms with van der Waals surface area (Å²) >= 11 is 0. The predicted octanol–water partition coefficient (Wildman–Crippen LogP) is 15.7. The monoisotopic (exact) mass is 789 g/mol. The van der Waals surface area contributed by atoms with Crippen LogP contribution in [0.25, 0.3) is 22.3 Å². The van der Waals surface area contributed by atoms with Crippen LogP contribution >= 0.6 is 0 Å². The van der Waals surface area contributed by atoms with Gasteiger partial charge in [0.25, 0.3) is 0 Å². The van der Waals surface area contributed by atoms with E-state index >= 15 is 0 Å². The summed E-state index contributed by atoms with van der Waals surface area (Å²) in [5, 5.41) is 0. The summed E-state index contributed by atoms with van der Waals surface area (Å²) in [6.45, 7) is 28.0. The number of rotatable bonds is 5. The Kier molecular flexibility index (Phi) is 16.2. The Balaban J connectivity index is 0.000000224. The van der Waals surface area contributed by atoms with Gasteiger partial charge in [-0.15, -0.1) is 0 Å². The molecular weight excluding hydrogens is 729 g/mol. The lowest BCUT2D eigenvalue weighted by atomic mass is 9.89. The van der Waals surface area contributed by atoms with E-state index in [2.05, 4.69) is 32.0 Å². The van der Waals surface area contributed by atoms with E-state index < -0.39 is 18.0 Å². The van der Waals surface area contributed by atoms with Crippen LogP contribution < -0.4 is 4.90 Å². The highest BCUT2D eigenvalue weighted by Crippen LogP contribution is 2.39. The molecule has 0 saturated carbocycles. The number of aryl methyl sites for hydroxylation is 6. The van der Waals surface area contributed by atoms with E-state index in [9.17, 15) is 26.3 Å². The molecule has 1 aliphatic rings. The molecule has 5 aromatic rings. The van der Waals surface area contributed by atoms with Crippen LogP contribution in [0.4, 0.5) is 32.0 Å². The fourth-order valence-electron chi connectivity index (χ4n) is 7.80. The van der Waals surface area contributed by atoms with Gasteiger partial charge in [0.05, 0.1) is 0 Å². The van der Waals surface area contributed by atoms with Crippen molar-refractivity contribution in [3.05, 3.63) is 146 Å². The Morgan fingerprint density at radius 1 is 0.544 bits per heavy atom. The Morgan fingerprint density at radius 2 is 1.02 bits per heavy atom. The number of anilines is 1. The highest BCUT2D eigenvalue weighted by Gasteiger charge is 2.49. The number of hydrogen-bond acceptors (Lipinski definition) is 1. The molecule has 57 heavy (non-hydrogen) atoms. The van der Waals surface area contributed by atoms with E-state index in [-0.39, 0.29) is 29.9 Å². The van der Waals surface area contributed by atoms with Crippen molar-refractivity contribution < 1.29 is 26.3 Å². The highest BCUT2D eigenvalue weighted by atomic mass is 19.4. The van der Waals surface area contributed by atoms with Gasteiger partial charge in [-0.1, -0.05) is 96.1 Å². The fourth-order valence-corrected chi connectivity index (χ4v) is 7.80. The zero-order valence-electron chi connectivity index (χ0n) is 36.3. The molecule has 1 nitrogen and oxygen atoms in total. The summed E-state index contributed by atoms with van der Waals surface area (Å²) in [6.07, 6.45) is -4.17. The van der Waals surface area contributed by atoms with Crippen LogP contribution in [0, 0.1) is 72.8 Å². The first kappa shape index (κ1) is 46.9. The summed E-state index contributed by atoms with van der Waals surface area (Å²) < 4.78 is 80.4. The number of benzene rings is 5. The maximum atomic E-state index is 14.8. The average molecular weight is 790 g/mol. The van der Waals surface area contributed by atoms with Crippen molar-refractivity contribution in [1.82, 2.24) is 0 Å². The standard InChI is InChI=1S/C18H21F.C16H17F.C14H17F4N.C2H6/c1-11(2)16-14(5)9-10-15(18(16)19)17-12(3)7-6-8-13(17)4;1-10-6-5-7-11(2)16(10)14-8-9-15(17)13(4)12(14)3;1-8(2)13-9(3)6-10(7-11(13)15)19-5-4-12(19)14(16,17)18;1-2/h6-11H,1-5H3;5-9H,1-4H3;6-8,12H,4-5H2,1-3H3;1-2H3. The molecule has 0 N–H and O–H groups in total. The van der Waals surface area contributed by atoms with E-state index in [0.717, 1.165) is 50.1 Å². The third-order valence-electron chi connectivity index (χ3n) is 10.8. The van der Waals surface area contributed by atoms with Crippen molar-refractivity contribution in [2.24, 2.45) is 0 Å². The second kappa shape index (κ2) is 19.8. The van der Waals surface area contributed by atoms with Crippen LogP contribution in [0.1, 0.15) is 115 Å². The van der Waals surface area contributed by atoms with Gasteiger partial charge >= 0.3 is 6.18 Å². The van der Waals surface area contributed by atoms with E-state index in [1.54, 1.807) is 19.1 Å². The molecule has 1 aliphatic heterocycles. The zero-order valence-corrected chi connectivity index (χ0v) is 36.3. The minimum absolute atomic E-state index is 0.0175. The maximum Gasteiger partial charge on any atom is 0.408 e. The quantitative estimate of drug-likeness (QED) is 0.160. The third-order valence-corrected chi connectivity index (χ3v) is 10.8. The topological polar surface area (TPSA) is 3.24 Å². The zero-order chi connectivity index (χ0) is 43.1. The van der Waals surface area contributed by atoms with Gasteiger partial charge in [-0.3, -0.25) is 0 Å². The molecule has 1 fully saturated rings. The molecule has 0 aliphatic carbocycles. The van der Waals surface area contributed by atoms with Crippen molar-refractivity contribution in [2.75, 3.05) is 11.4 Å². The minimum atomic E-state index is -4.25. The van der Waals surface area contributed by atoms with Crippen molar-refractivity contribution in [1.29, 1.82) is 0 Å². The molecule has 0 bridgehead atoms. The van der Waals surface area contributed by atoms with Crippen LogP contribution in [-0.2, 0) is 0 Å². The highest BCUT2D eigenvalue weighted by molar-refractivity contribution is 5.75. The van der Waals surface area contributed by atoms with Crippen molar-refractivity contribution >= 4 is 5.69 Å². The van der Waals surface area contributed by atoms with Gasteiger partial charge in [-0.2, -0.15) is 13.2 Å². The molecule has 0 aromatic heterocycles. The summed E-state index contributed by atoms with van der Waals surface area (Å²) in [5.41, 5.74) is 14.1. The lowest BCUT2D eigenvalue weighted by Gasteiger charge is -2.43. The van der Waals surface area contributed by atoms with Crippen LogP contribution in [0.5, 0.6) is 0 Å². The van der Waals surface area contributed by atoms with Gasteiger partial charge in [0, 0.05) is 17.8 Å². The molecular formula is C50H61F6N. The minimum Gasteiger partial charge on any atom is -0.360 e. The van der Waals surface area contributed by atoms with Gasteiger partial charge in [0.2, 0.25) is 0 Å². The number of halogens is 6. The molecule has 7 heteroatoms. The molecule has 0 spiro atoms. The number of alkyl halides is 3. The maximum absolute atomic E-state index is 14.8. The lowest BCUT2D eigenvalue weighted by Crippen LogP contribution is -2.56. The molecule has 1 atom stereocenters. The van der Waals surface area contributed by atoms with E-state index in [1.165, 1.54) is 27.7 Å². The molecule has 1 heterocycles. The number of nitrogens with zero attached hydrogens (tertiary/aromatic N) is 1. The van der Waals surface area contributed by atoms with E-state index in [4.69, 9.17) is 0 Å². The lowest BCUT2D eigenvalue weighted by molar-refractivity contribution is -0.159. The molecule has 5 aromatic carbocycles. The van der Waals surface area contributed by atoms with Crippen molar-refractivity contribution in [3.8, 4) is 22.3 Å². The normalized spacial score (nSPS) is 13.6. The molecule has 1 saturated heterocycles. The second-order valence-electron chi connectivity index (χ2n) is 15.5. The third kappa shape index (κ3) is 10.7. The smallest absolute Gasteiger partial charge is 0.360 e. The van der Waals surface area contributed by atoms with Gasteiger partial charge in [0.1, 0.15) is 23.5 Å². The predicted molar refractivity (Wildman–Crippen MR) is 229 cm³/mol. The SMILES string of the molecule is CC.Cc1cc(N2CCC2C(F)(F)F)cc(F)c1C(C)C.Cc1cccc(C)c1-c1ccc(C)c(C(C)C)c1F.Cc1cccc(C)c1-c1ccc(F)c(C)c1C. The van der Waals surface area contributed by atoms with E-state index in [0.29, 0.717) is 23.4 Å². The first-order valence-corrected chi connectivity index (χ1v) is 20.0. The van der Waals surface area contributed by atoms with Crippen LogP contribution in [0.2, 0.25) is 0 Å². The van der Waals surface area contributed by atoms with Crippen LogP contribution in [-0.4, -0.2) is 18.8 Å². The average Bonchev–Trinajstić information content (AvgIpc) is 3.08. The Hall–Kier alpha value is -4.52. The first-order chi connectivity index (χ1) is 26.7. The Morgan fingerprint density at radius 3 is 1.44 bits per heavy atom.